The van der Waals surface area contributed by atoms with Crippen molar-refractivity contribution in [1.82, 2.24) is 15.0 Å². The summed E-state index contributed by atoms with van der Waals surface area (Å²) in [5.41, 5.74) is -22.9. The highest BCUT2D eigenvalue weighted by Crippen LogP contribution is 2.51. The van der Waals surface area contributed by atoms with Crippen molar-refractivity contribution in [3.05, 3.63) is 159 Å². The van der Waals surface area contributed by atoms with Crippen LogP contribution in [-0.2, 0) is 0 Å². The van der Waals surface area contributed by atoms with Gasteiger partial charge in [0.05, 0.1) is 33.4 Å². The van der Waals surface area contributed by atoms with Crippen LogP contribution in [0, 0.1) is 126 Å². The maximum Gasteiger partial charge on any atom is 0.223 e. The van der Waals surface area contributed by atoms with Gasteiger partial charge < -0.3 is 0 Å². The largest absolute Gasteiger partial charge is 0.223 e. The van der Waals surface area contributed by atoms with Gasteiger partial charge in [0.15, 0.2) is 69.8 Å². The molecule has 0 bridgehead atoms. The normalized spacial score (nSPS) is 11.6. The fourth-order valence-electron chi connectivity index (χ4n) is 7.40. The second kappa shape index (κ2) is 15.8. The predicted octanol–water partition coefficient (Wildman–Crippen LogP) is 13.3. The molecule has 0 N–H and O–H groups in total. The molecule has 3 aromatic heterocycles. The molecule has 0 saturated heterocycles. The van der Waals surface area contributed by atoms with Gasteiger partial charge in [-0.1, -0.05) is 0 Å². The van der Waals surface area contributed by atoms with E-state index in [1.165, 1.54) is 0 Å². The van der Waals surface area contributed by atoms with Crippen molar-refractivity contribution in [2.45, 2.75) is 20.8 Å². The van der Waals surface area contributed by atoms with E-state index < -0.39 is 189 Å². The first-order chi connectivity index (χ1) is 29.5. The number of hydrogen-bond acceptors (Lipinski definition) is 3. The summed E-state index contributed by atoms with van der Waals surface area (Å²) in [7, 11) is 0. The van der Waals surface area contributed by atoms with E-state index in [9.17, 15) is 26.3 Å². The summed E-state index contributed by atoms with van der Waals surface area (Å²) in [5, 5.41) is 0. The fourth-order valence-corrected chi connectivity index (χ4v) is 7.40. The van der Waals surface area contributed by atoms with Crippen LogP contribution in [0.15, 0.2) is 36.4 Å². The molecule has 3 heterocycles. The smallest absolute Gasteiger partial charge is 0.203 e. The molecule has 0 spiro atoms. The van der Waals surface area contributed by atoms with Crippen molar-refractivity contribution in [1.29, 1.82) is 0 Å². The Hall–Kier alpha value is -6.93. The van der Waals surface area contributed by atoms with E-state index in [0.29, 0.717) is 57.2 Å². The lowest BCUT2D eigenvalue weighted by atomic mass is 9.79. The predicted molar refractivity (Wildman–Crippen MR) is 186 cm³/mol. The summed E-state index contributed by atoms with van der Waals surface area (Å²) in [4.78, 5) is 8.02. The molecular formula is C42H15F18N3. The van der Waals surface area contributed by atoms with Gasteiger partial charge in [-0.15, -0.1) is 0 Å². The zero-order valence-corrected chi connectivity index (χ0v) is 31.1. The second-order valence-corrected chi connectivity index (χ2v) is 13.4. The maximum absolute atomic E-state index is 16.3. The summed E-state index contributed by atoms with van der Waals surface area (Å²) >= 11 is 0. The number of rotatable bonds is 6. The average Bonchev–Trinajstić information content (AvgIpc) is 3.21. The van der Waals surface area contributed by atoms with E-state index in [-0.39, 0.29) is 0 Å². The Morgan fingerprint density at radius 3 is 0.587 bits per heavy atom. The van der Waals surface area contributed by atoms with Crippen LogP contribution < -0.4 is 0 Å². The third-order valence-corrected chi connectivity index (χ3v) is 10.0. The molecule has 0 fully saturated rings. The molecule has 0 amide bonds. The van der Waals surface area contributed by atoms with Gasteiger partial charge in [-0.3, -0.25) is 0 Å². The minimum Gasteiger partial charge on any atom is -0.203 e. The summed E-state index contributed by atoms with van der Waals surface area (Å²) < 4.78 is 278. The molecule has 4 aromatic carbocycles. The van der Waals surface area contributed by atoms with Crippen LogP contribution in [0.5, 0.6) is 0 Å². The zero-order valence-electron chi connectivity index (χ0n) is 31.1. The van der Waals surface area contributed by atoms with Gasteiger partial charge in [0.1, 0.15) is 0 Å². The van der Waals surface area contributed by atoms with Crippen LogP contribution >= 0.6 is 0 Å². The molecule has 7 aromatic rings. The Balaban J connectivity index is 1.66. The highest BCUT2D eigenvalue weighted by atomic mass is 19.2. The fraction of sp³-hybridized carbons (Fsp3) is 0.0714. The van der Waals surface area contributed by atoms with E-state index in [0.717, 1.165) is 0 Å². The molecule has 0 saturated carbocycles. The molecule has 0 unspecified atom stereocenters. The lowest BCUT2D eigenvalue weighted by Crippen LogP contribution is -2.12. The Bertz CT molecular complexity index is 2710. The quantitative estimate of drug-likeness (QED) is 0.0948. The topological polar surface area (TPSA) is 38.7 Å². The molecular weight excluding hydrogens is 888 g/mol. The highest BCUT2D eigenvalue weighted by molar-refractivity contribution is 5.93. The van der Waals surface area contributed by atoms with Crippen molar-refractivity contribution in [2.75, 3.05) is 0 Å². The summed E-state index contributed by atoms with van der Waals surface area (Å²) in [5.74, 6) is -40.8. The first-order valence-electron chi connectivity index (χ1n) is 17.2. The lowest BCUT2D eigenvalue weighted by molar-refractivity contribution is 0.458. The molecule has 0 aliphatic heterocycles. The van der Waals surface area contributed by atoms with E-state index in [1.807, 2.05) is 0 Å². The van der Waals surface area contributed by atoms with Crippen LogP contribution in [0.1, 0.15) is 16.7 Å². The average molecular weight is 904 g/mol. The van der Waals surface area contributed by atoms with Crippen LogP contribution in [0.2, 0.25) is 0 Å². The molecule has 0 atom stereocenters. The number of halogens is 18. The van der Waals surface area contributed by atoms with Gasteiger partial charge in [0, 0.05) is 16.7 Å². The van der Waals surface area contributed by atoms with Crippen LogP contribution in [0.3, 0.4) is 0 Å². The third kappa shape index (κ3) is 6.71. The molecule has 3 nitrogen and oxygen atoms in total. The van der Waals surface area contributed by atoms with Crippen molar-refractivity contribution in [3.63, 3.8) is 0 Å². The molecule has 7 rings (SSSR count). The van der Waals surface area contributed by atoms with E-state index in [4.69, 9.17) is 0 Å². The number of aromatic nitrogens is 3. The summed E-state index contributed by atoms with van der Waals surface area (Å²) in [6.45, 7) is 1.90. The molecule has 21 heteroatoms. The number of nitrogens with zero attached hydrogens (tertiary/aromatic N) is 3. The number of benzene rings is 4. The molecule has 324 valence electrons. The van der Waals surface area contributed by atoms with Crippen LogP contribution in [0.4, 0.5) is 79.0 Å². The molecule has 0 radical (unpaired) electrons. The minimum atomic E-state index is -2.53. The monoisotopic (exact) mass is 903 g/mol. The third-order valence-electron chi connectivity index (χ3n) is 10.0. The number of pyridine rings is 3. The van der Waals surface area contributed by atoms with Gasteiger partial charge in [-0.2, -0.15) is 41.3 Å². The van der Waals surface area contributed by atoms with Crippen LogP contribution in [0.25, 0.3) is 66.8 Å². The van der Waals surface area contributed by atoms with Crippen molar-refractivity contribution in [3.8, 4) is 66.8 Å². The van der Waals surface area contributed by atoms with Gasteiger partial charge >= 0.3 is 0 Å². The Morgan fingerprint density at radius 2 is 0.413 bits per heavy atom. The Labute approximate surface area is 340 Å². The molecule has 0 aliphatic carbocycles. The summed E-state index contributed by atoms with van der Waals surface area (Å²) in [6, 6.07) is 1.93. The van der Waals surface area contributed by atoms with Crippen molar-refractivity contribution >= 4 is 0 Å². The SMILES string of the molecule is Cc1c(-c2c(F)c(F)c(-c3ccc(F)nc3F)c(F)c2F)c(C)c(-c2c(F)c(F)c(-c3ccc(F)nc3F)c(F)c2F)c(C)c1-c1c(F)c(F)c(-c2ccc(F)nc2F)c(F)c1F. The van der Waals surface area contributed by atoms with Gasteiger partial charge in [-0.05, 0) is 90.6 Å². The van der Waals surface area contributed by atoms with E-state index in [1.54, 1.807) is 0 Å². The first-order valence-corrected chi connectivity index (χ1v) is 17.2. The zero-order chi connectivity index (χ0) is 46.4. The van der Waals surface area contributed by atoms with Gasteiger partial charge in [0.25, 0.3) is 0 Å². The van der Waals surface area contributed by atoms with Gasteiger partial charge in [0.2, 0.25) is 35.7 Å². The van der Waals surface area contributed by atoms with E-state index in [2.05, 4.69) is 15.0 Å². The van der Waals surface area contributed by atoms with Crippen molar-refractivity contribution in [2.24, 2.45) is 0 Å². The Morgan fingerprint density at radius 1 is 0.238 bits per heavy atom. The molecule has 63 heavy (non-hydrogen) atoms. The van der Waals surface area contributed by atoms with Gasteiger partial charge in [-0.25, -0.2) is 52.7 Å². The van der Waals surface area contributed by atoms with Crippen molar-refractivity contribution < 1.29 is 79.0 Å². The van der Waals surface area contributed by atoms with Crippen LogP contribution in [-0.4, -0.2) is 15.0 Å². The lowest BCUT2D eigenvalue weighted by Gasteiger charge is -2.26. The molecule has 0 aliphatic rings. The maximum atomic E-state index is 16.3. The van der Waals surface area contributed by atoms with E-state index >= 15 is 52.7 Å². The standard InChI is InChI=1S/C42H15F18N3/c1-10-19(25-34(52)28(46)22(29(47)35(25)53)13-4-7-16(43)61-40(13)58)11(2)21(27-38(56)32(50)24(33(51)39(27)57)15-6-9-18(45)63-42(15)60)12(3)20(10)26-36(54)30(48)23(31(49)37(26)55)14-5-8-17(44)62-41(14)59/h4-9H,1-3H3. The highest BCUT2D eigenvalue weighted by Gasteiger charge is 2.38. The minimum absolute atomic E-state index is 0.314. The Kier molecular flexibility index (Phi) is 11.0. The summed E-state index contributed by atoms with van der Waals surface area (Å²) in [6.07, 6.45) is 0. The first kappa shape index (κ1) is 44.1. The number of hydrogen-bond donors (Lipinski definition) is 0. The second-order valence-electron chi connectivity index (χ2n) is 13.4.